The highest BCUT2D eigenvalue weighted by Gasteiger charge is 2.32. The molecule has 4 aromatic rings. The van der Waals surface area contributed by atoms with Gasteiger partial charge in [-0.1, -0.05) is 71.2 Å². The third-order valence-corrected chi connectivity index (χ3v) is 10.7. The average Bonchev–Trinajstić information content (AvgIpc) is 3.09. The highest BCUT2D eigenvalue weighted by Crippen LogP contribution is 2.31. The van der Waals surface area contributed by atoms with Gasteiger partial charge in [0.05, 0.1) is 20.7 Å². The number of nitro groups is 1. The number of nitro benzene ring substituents is 1. The predicted molar refractivity (Wildman–Crippen MR) is 191 cm³/mol. The fourth-order valence-electron chi connectivity index (χ4n) is 5.24. The number of rotatable bonds is 11. The first-order chi connectivity index (χ1) is 23.4. The van der Waals surface area contributed by atoms with Crippen molar-refractivity contribution in [1.29, 1.82) is 0 Å². The van der Waals surface area contributed by atoms with Crippen LogP contribution in [0.15, 0.2) is 95.9 Å². The maximum atomic E-state index is 13.7. The third-order valence-electron chi connectivity index (χ3n) is 7.85. The summed E-state index contributed by atoms with van der Waals surface area (Å²) in [5.41, 5.74) is 1.68. The Morgan fingerprint density at radius 3 is 2.06 bits per heavy atom. The van der Waals surface area contributed by atoms with Gasteiger partial charge in [0.2, 0.25) is 15.9 Å². The second kappa shape index (κ2) is 15.9. The monoisotopic (exact) mass is 744 g/mol. The lowest BCUT2D eigenvalue weighted by Gasteiger charge is -2.36. The molecule has 4 aromatic carbocycles. The molecule has 1 heterocycles. The van der Waals surface area contributed by atoms with E-state index in [4.69, 9.17) is 34.8 Å². The lowest BCUT2D eigenvalue weighted by molar-refractivity contribution is -0.387. The summed E-state index contributed by atoms with van der Waals surface area (Å²) in [6, 6.07) is 23.6. The number of urea groups is 1. The predicted octanol–water partition coefficient (Wildman–Crippen LogP) is 7.13. The fourth-order valence-corrected chi connectivity index (χ4v) is 7.51. The topological polar surface area (TPSA) is 145 Å². The average molecular weight is 746 g/mol. The van der Waals surface area contributed by atoms with Crippen molar-refractivity contribution in [1.82, 2.24) is 9.21 Å². The Labute approximate surface area is 298 Å². The van der Waals surface area contributed by atoms with Crippen LogP contribution < -0.4 is 15.5 Å². The molecule has 1 saturated heterocycles. The van der Waals surface area contributed by atoms with E-state index in [0.717, 1.165) is 16.1 Å². The molecule has 5 rings (SSSR count). The van der Waals surface area contributed by atoms with Crippen LogP contribution in [0.3, 0.4) is 0 Å². The van der Waals surface area contributed by atoms with Crippen molar-refractivity contribution in [2.45, 2.75) is 17.9 Å². The summed E-state index contributed by atoms with van der Waals surface area (Å²) in [6.45, 7) is 1.62. The van der Waals surface area contributed by atoms with E-state index in [0.29, 0.717) is 58.2 Å². The van der Waals surface area contributed by atoms with E-state index in [1.807, 2.05) is 12.1 Å². The van der Waals surface area contributed by atoms with Crippen molar-refractivity contribution in [3.8, 4) is 0 Å². The molecule has 0 bridgehead atoms. The maximum absolute atomic E-state index is 13.7. The Morgan fingerprint density at radius 2 is 1.41 bits per heavy atom. The maximum Gasteiger partial charge on any atom is 0.322 e. The number of hydrogen-bond donors (Lipinski definition) is 2. The molecule has 0 unspecified atom stereocenters. The Morgan fingerprint density at radius 1 is 0.796 bits per heavy atom. The number of halogens is 3. The van der Waals surface area contributed by atoms with Crippen LogP contribution in [0.1, 0.15) is 12.0 Å². The van der Waals surface area contributed by atoms with E-state index < -0.39 is 31.4 Å². The lowest BCUT2D eigenvalue weighted by atomic mass is 10.2. The second-order valence-electron chi connectivity index (χ2n) is 11.0. The zero-order chi connectivity index (χ0) is 35.1. The van der Waals surface area contributed by atoms with Crippen LogP contribution in [-0.2, 0) is 21.4 Å². The molecule has 1 aliphatic rings. The molecule has 16 heteroatoms. The number of carbonyl (C=O) groups is 2. The number of sulfonamides is 1. The van der Waals surface area contributed by atoms with Gasteiger partial charge in [-0.05, 0) is 54.1 Å². The Balaban J connectivity index is 1.19. The van der Waals surface area contributed by atoms with Crippen molar-refractivity contribution in [3.63, 3.8) is 0 Å². The first kappa shape index (κ1) is 35.9. The number of nitrogens with zero attached hydrogens (tertiary/aromatic N) is 4. The standard InChI is InChI=1S/C33H31Cl3N6O6S/c34-26-7-2-1-6-23(26)22-41(49(47,48)30-11-4-3-10-29(30)42(45)46)17-16-31(43)37-24-12-14-25(15-13-24)39-18-20-40(21-19-39)33(44)38-32-27(35)8-5-9-28(32)36/h1-15H,16-22H2,(H,37,43)(H,38,44). The van der Waals surface area contributed by atoms with Crippen LogP contribution in [0.25, 0.3) is 0 Å². The van der Waals surface area contributed by atoms with Crippen molar-refractivity contribution < 1.29 is 22.9 Å². The van der Waals surface area contributed by atoms with Crippen molar-refractivity contribution >= 4 is 79.5 Å². The van der Waals surface area contributed by atoms with E-state index >= 15 is 0 Å². The van der Waals surface area contributed by atoms with E-state index in [1.54, 1.807) is 59.5 Å². The summed E-state index contributed by atoms with van der Waals surface area (Å²) >= 11 is 18.7. The lowest BCUT2D eigenvalue weighted by Crippen LogP contribution is -2.50. The van der Waals surface area contributed by atoms with Gasteiger partial charge in [-0.3, -0.25) is 14.9 Å². The van der Waals surface area contributed by atoms with E-state index in [-0.39, 0.29) is 25.5 Å². The number of anilines is 3. The highest BCUT2D eigenvalue weighted by molar-refractivity contribution is 7.89. The van der Waals surface area contributed by atoms with E-state index in [1.165, 1.54) is 18.2 Å². The van der Waals surface area contributed by atoms with Crippen molar-refractivity contribution in [2.75, 3.05) is 48.3 Å². The molecule has 0 aliphatic carbocycles. The minimum absolute atomic E-state index is 0.196. The number of amides is 3. The zero-order valence-electron chi connectivity index (χ0n) is 25.9. The highest BCUT2D eigenvalue weighted by atomic mass is 35.5. The SMILES string of the molecule is O=C(CCN(Cc1ccccc1Cl)S(=O)(=O)c1ccccc1[N+](=O)[O-])Nc1ccc(N2CCN(C(=O)Nc3c(Cl)cccc3Cl)CC2)cc1. The quantitative estimate of drug-likeness (QED) is 0.123. The second-order valence-corrected chi connectivity index (χ2v) is 14.1. The summed E-state index contributed by atoms with van der Waals surface area (Å²) < 4.78 is 28.4. The number of benzene rings is 4. The van der Waals surface area contributed by atoms with Crippen LogP contribution in [0.2, 0.25) is 15.1 Å². The molecule has 12 nitrogen and oxygen atoms in total. The van der Waals surface area contributed by atoms with Crippen LogP contribution in [0.5, 0.6) is 0 Å². The molecule has 2 N–H and O–H groups in total. The number of piperazine rings is 1. The number of carbonyl (C=O) groups excluding carboxylic acids is 2. The normalized spacial score (nSPS) is 13.3. The molecule has 1 aliphatic heterocycles. The third kappa shape index (κ3) is 8.80. The minimum Gasteiger partial charge on any atom is -0.368 e. The smallest absolute Gasteiger partial charge is 0.322 e. The molecule has 49 heavy (non-hydrogen) atoms. The molecule has 3 amide bonds. The van der Waals surface area contributed by atoms with Crippen molar-refractivity contribution in [3.05, 3.63) is 122 Å². The summed E-state index contributed by atoms with van der Waals surface area (Å²) in [5, 5.41) is 18.2. The first-order valence-corrected chi connectivity index (χ1v) is 17.6. The molecular formula is C33H31Cl3N6O6S. The summed E-state index contributed by atoms with van der Waals surface area (Å²) in [4.78, 5) is 40.0. The summed E-state index contributed by atoms with van der Waals surface area (Å²) in [5.74, 6) is -0.451. The van der Waals surface area contributed by atoms with Crippen LogP contribution in [0, 0.1) is 10.1 Å². The van der Waals surface area contributed by atoms with E-state index in [2.05, 4.69) is 15.5 Å². The Hall–Kier alpha value is -4.40. The molecule has 0 aromatic heterocycles. The largest absolute Gasteiger partial charge is 0.368 e. The molecule has 0 radical (unpaired) electrons. The fraction of sp³-hybridized carbons (Fsp3) is 0.212. The summed E-state index contributed by atoms with van der Waals surface area (Å²) in [7, 11) is -4.40. The van der Waals surface area contributed by atoms with Crippen LogP contribution >= 0.6 is 34.8 Å². The minimum atomic E-state index is -4.40. The number of para-hydroxylation sites is 2. The van der Waals surface area contributed by atoms with Gasteiger partial charge >= 0.3 is 6.03 Å². The van der Waals surface area contributed by atoms with Gasteiger partial charge in [-0.2, -0.15) is 4.31 Å². The van der Waals surface area contributed by atoms with Gasteiger partial charge < -0.3 is 20.4 Å². The van der Waals surface area contributed by atoms with Gasteiger partial charge in [-0.25, -0.2) is 13.2 Å². The van der Waals surface area contributed by atoms with Crippen molar-refractivity contribution in [2.24, 2.45) is 0 Å². The molecular weight excluding hydrogens is 715 g/mol. The molecule has 256 valence electrons. The van der Waals surface area contributed by atoms with Crippen LogP contribution in [0.4, 0.5) is 27.5 Å². The first-order valence-electron chi connectivity index (χ1n) is 15.1. The Kier molecular flexibility index (Phi) is 11.6. The van der Waals surface area contributed by atoms with Gasteiger partial charge in [0, 0.05) is 68.2 Å². The molecule has 0 saturated carbocycles. The molecule has 0 atom stereocenters. The van der Waals surface area contributed by atoms with Gasteiger partial charge in [0.25, 0.3) is 5.69 Å². The molecule has 0 spiro atoms. The zero-order valence-corrected chi connectivity index (χ0v) is 29.0. The van der Waals surface area contributed by atoms with E-state index in [9.17, 15) is 28.1 Å². The van der Waals surface area contributed by atoms with Gasteiger partial charge in [0.1, 0.15) is 0 Å². The van der Waals surface area contributed by atoms with Gasteiger partial charge in [-0.15, -0.1) is 0 Å². The molecule has 1 fully saturated rings. The Bertz CT molecular complexity index is 1940. The van der Waals surface area contributed by atoms with Gasteiger partial charge in [0.15, 0.2) is 4.90 Å². The number of hydrogen-bond acceptors (Lipinski definition) is 7. The summed E-state index contributed by atoms with van der Waals surface area (Å²) in [6.07, 6.45) is -0.227. The number of nitrogens with one attached hydrogen (secondary N) is 2. The van der Waals surface area contributed by atoms with Crippen LogP contribution in [-0.4, -0.2) is 67.2 Å².